The summed E-state index contributed by atoms with van der Waals surface area (Å²) in [6.07, 6.45) is 5.27. The van der Waals surface area contributed by atoms with E-state index in [1.807, 2.05) is 39.8 Å². The molecule has 0 aliphatic carbocycles. The Kier molecular flexibility index (Phi) is 10.8. The molecule has 0 bridgehead atoms. The normalized spacial score (nSPS) is 21.1. The first-order valence-electron chi connectivity index (χ1n) is 22.5. The number of hydrogen-bond donors (Lipinski definition) is 2. The van der Waals surface area contributed by atoms with Gasteiger partial charge in [0.2, 0.25) is 5.91 Å². The van der Waals surface area contributed by atoms with E-state index >= 15 is 13.2 Å². The minimum atomic E-state index is -2.96. The van der Waals surface area contributed by atoms with Gasteiger partial charge in [0.1, 0.15) is 5.82 Å². The highest BCUT2D eigenvalue weighted by Crippen LogP contribution is 2.39. The van der Waals surface area contributed by atoms with Gasteiger partial charge in [0.15, 0.2) is 11.2 Å². The molecule has 8 heterocycles. The number of carbonyl (C=O) groups excluding carboxylic acids is 5. The number of thiazole rings is 1. The Morgan fingerprint density at radius 1 is 0.866 bits per heavy atom. The number of anilines is 2. The van der Waals surface area contributed by atoms with Crippen LogP contribution in [-0.4, -0.2) is 127 Å². The molecule has 67 heavy (non-hydrogen) atoms. The summed E-state index contributed by atoms with van der Waals surface area (Å²) in [5.41, 5.74) is 5.86. The lowest BCUT2D eigenvalue weighted by molar-refractivity contribution is -0.129. The van der Waals surface area contributed by atoms with E-state index in [9.17, 15) is 24.0 Å². The fourth-order valence-electron chi connectivity index (χ4n) is 10.6. The van der Waals surface area contributed by atoms with E-state index in [1.54, 1.807) is 41.0 Å². The van der Waals surface area contributed by atoms with Crippen molar-refractivity contribution in [2.45, 2.75) is 69.9 Å². The third kappa shape index (κ3) is 7.89. The van der Waals surface area contributed by atoms with E-state index in [0.29, 0.717) is 85.2 Å². The standard InChI is InChI=1S/C47H46F3N11O5S/c48-36-22-30(21-34-35(36)25-59(43(34)64)41(42(63)54-45-51-11-19-67-45)40-37-2-1-12-58(37)27-52-40)29-4-6-32(7-5-29)56-15-17-57(18-16-56)38-9-13-55(26-47(38,49)50)23-28-3-8-33-31(20-28)24-61(44(33)65)60-14-10-39(62)53-46(60)66/h3-8,11,19-22,27,38,41H,1-2,9-10,12-18,23-26H2,(H,51,54,63)(H,53,62,66). The molecule has 3 aromatic carbocycles. The van der Waals surface area contributed by atoms with Crippen LogP contribution in [0, 0.1) is 5.82 Å². The number of piperidine rings is 1. The molecule has 346 valence electrons. The van der Waals surface area contributed by atoms with Crippen LogP contribution in [0.4, 0.5) is 28.8 Å². The minimum Gasteiger partial charge on any atom is -0.369 e. The van der Waals surface area contributed by atoms with Gasteiger partial charge >= 0.3 is 6.03 Å². The average Bonchev–Trinajstić information content (AvgIpc) is 4.17. The quantitative estimate of drug-likeness (QED) is 0.189. The number of nitrogens with one attached hydrogen (secondary N) is 2. The van der Waals surface area contributed by atoms with Crippen molar-refractivity contribution in [2.75, 3.05) is 56.0 Å². The van der Waals surface area contributed by atoms with Gasteiger partial charge in [0.25, 0.3) is 23.6 Å². The highest BCUT2D eigenvalue weighted by atomic mass is 32.1. The number of nitrogens with zero attached hydrogens (tertiary/aromatic N) is 9. The summed E-state index contributed by atoms with van der Waals surface area (Å²) >= 11 is 1.26. The third-order valence-electron chi connectivity index (χ3n) is 13.9. The first-order valence-corrected chi connectivity index (χ1v) is 23.4. The number of benzene rings is 3. The van der Waals surface area contributed by atoms with Gasteiger partial charge in [-0.1, -0.05) is 24.3 Å². The van der Waals surface area contributed by atoms with Crippen LogP contribution >= 0.6 is 11.3 Å². The van der Waals surface area contributed by atoms with Crippen molar-refractivity contribution in [2.24, 2.45) is 0 Å². The molecule has 2 unspecified atom stereocenters. The summed E-state index contributed by atoms with van der Waals surface area (Å²) in [5, 5.41) is 9.75. The minimum absolute atomic E-state index is 0.0907. The van der Waals surface area contributed by atoms with Gasteiger partial charge in [-0.3, -0.25) is 39.6 Å². The number of amides is 6. The van der Waals surface area contributed by atoms with Gasteiger partial charge in [0, 0.05) is 91.9 Å². The molecular formula is C47H46F3N11O5S. The lowest BCUT2D eigenvalue weighted by Crippen LogP contribution is -2.61. The number of imidazole rings is 1. The SMILES string of the molecule is O=C1CCN(N2Cc3cc(CN4CCC(N5CCN(c6ccc(-c7cc(F)c8c(c7)C(=O)N(C(C(=O)Nc7nccs7)c7ncn9c7CCC9)C8)cc6)CC5)C(F)(F)C4)ccc3C2=O)C(=O)N1. The van der Waals surface area contributed by atoms with Gasteiger partial charge in [-0.2, -0.15) is 0 Å². The fraction of sp³-hybridized carbons (Fsp3) is 0.383. The van der Waals surface area contributed by atoms with E-state index in [-0.39, 0.29) is 43.1 Å². The molecule has 6 aliphatic heterocycles. The Bertz CT molecular complexity index is 2810. The molecule has 0 spiro atoms. The van der Waals surface area contributed by atoms with E-state index in [4.69, 9.17) is 0 Å². The summed E-state index contributed by atoms with van der Waals surface area (Å²) in [7, 11) is 0. The van der Waals surface area contributed by atoms with Gasteiger partial charge in [-0.15, -0.1) is 11.3 Å². The highest BCUT2D eigenvalue weighted by molar-refractivity contribution is 7.13. The zero-order valence-electron chi connectivity index (χ0n) is 36.3. The lowest BCUT2D eigenvalue weighted by atomic mass is 9.97. The Morgan fingerprint density at radius 2 is 1.69 bits per heavy atom. The van der Waals surface area contributed by atoms with Crippen LogP contribution < -0.4 is 15.5 Å². The second-order valence-electron chi connectivity index (χ2n) is 17.9. The van der Waals surface area contributed by atoms with E-state index in [0.717, 1.165) is 29.9 Å². The summed E-state index contributed by atoms with van der Waals surface area (Å²) in [6, 6.07) is 13.3. The number of halogens is 3. The largest absolute Gasteiger partial charge is 0.369 e. The molecule has 2 aromatic heterocycles. The number of urea groups is 1. The van der Waals surface area contributed by atoms with E-state index < -0.39 is 54.1 Å². The molecule has 20 heteroatoms. The number of aromatic nitrogens is 3. The number of likely N-dealkylation sites (tertiary alicyclic amines) is 1. The first-order chi connectivity index (χ1) is 32.4. The van der Waals surface area contributed by atoms with E-state index in [1.165, 1.54) is 32.3 Å². The third-order valence-corrected chi connectivity index (χ3v) is 14.6. The van der Waals surface area contributed by atoms with Crippen molar-refractivity contribution in [3.63, 3.8) is 0 Å². The lowest BCUT2D eigenvalue weighted by Gasteiger charge is -2.46. The summed E-state index contributed by atoms with van der Waals surface area (Å²) in [5.74, 6) is -5.16. The Labute approximate surface area is 386 Å². The van der Waals surface area contributed by atoms with Crippen LogP contribution in [0.15, 0.2) is 72.5 Å². The molecule has 3 saturated heterocycles. The number of fused-ring (bicyclic) bond motifs is 3. The second kappa shape index (κ2) is 16.9. The molecule has 11 rings (SSSR count). The molecular weight excluding hydrogens is 888 g/mol. The number of aryl methyl sites for hydroxylation is 1. The van der Waals surface area contributed by atoms with Gasteiger partial charge in [-0.25, -0.2) is 38.0 Å². The number of alkyl halides is 2. The molecule has 16 nitrogen and oxygen atoms in total. The average molecular weight is 934 g/mol. The number of rotatable bonds is 10. The number of hydrazine groups is 1. The first kappa shape index (κ1) is 43.0. The molecule has 2 atom stereocenters. The van der Waals surface area contributed by atoms with Crippen LogP contribution in [0.3, 0.4) is 0 Å². The number of carbonyl (C=O) groups is 5. The van der Waals surface area contributed by atoms with Gasteiger partial charge in [0.05, 0.1) is 44.2 Å². The molecule has 0 radical (unpaired) electrons. The van der Waals surface area contributed by atoms with Crippen molar-refractivity contribution in [3.05, 3.63) is 118 Å². The molecule has 3 fully saturated rings. The monoisotopic (exact) mass is 933 g/mol. The van der Waals surface area contributed by atoms with Crippen molar-refractivity contribution in [1.29, 1.82) is 0 Å². The second-order valence-corrected chi connectivity index (χ2v) is 18.8. The van der Waals surface area contributed by atoms with Crippen LogP contribution in [0.1, 0.15) is 74.1 Å². The molecule has 5 aromatic rings. The molecule has 0 saturated carbocycles. The predicted molar refractivity (Wildman–Crippen MR) is 239 cm³/mol. The molecule has 6 amide bonds. The predicted octanol–water partition coefficient (Wildman–Crippen LogP) is 5.27. The number of hydrogen-bond acceptors (Lipinski definition) is 11. The Balaban J connectivity index is 0.709. The smallest absolute Gasteiger partial charge is 0.342 e. The maximum Gasteiger partial charge on any atom is 0.342 e. The summed E-state index contributed by atoms with van der Waals surface area (Å²) in [6.45, 7) is 3.32. The zero-order chi connectivity index (χ0) is 46.1. The number of piperazine rings is 1. The van der Waals surface area contributed by atoms with Crippen LogP contribution in [0.2, 0.25) is 0 Å². The topological polar surface area (TPSA) is 160 Å². The summed E-state index contributed by atoms with van der Waals surface area (Å²) in [4.78, 5) is 81.1. The van der Waals surface area contributed by atoms with Crippen LogP contribution in [0.5, 0.6) is 0 Å². The van der Waals surface area contributed by atoms with Crippen molar-refractivity contribution in [1.82, 2.24) is 44.6 Å². The maximum absolute atomic E-state index is 16.0. The van der Waals surface area contributed by atoms with Crippen molar-refractivity contribution >= 4 is 51.8 Å². The number of imide groups is 1. The van der Waals surface area contributed by atoms with Gasteiger partial charge < -0.3 is 14.4 Å². The summed E-state index contributed by atoms with van der Waals surface area (Å²) < 4.78 is 49.9. The van der Waals surface area contributed by atoms with Crippen LogP contribution in [0.25, 0.3) is 11.1 Å². The Hall–Kier alpha value is -6.64. The molecule has 2 N–H and O–H groups in total. The maximum atomic E-state index is 16.0. The van der Waals surface area contributed by atoms with Crippen molar-refractivity contribution in [3.8, 4) is 11.1 Å². The van der Waals surface area contributed by atoms with Crippen LogP contribution in [-0.2, 0) is 42.2 Å². The van der Waals surface area contributed by atoms with Gasteiger partial charge in [-0.05, 0) is 71.8 Å². The van der Waals surface area contributed by atoms with E-state index in [2.05, 4.69) is 25.5 Å². The Morgan fingerprint density at radius 3 is 2.45 bits per heavy atom. The fourth-order valence-corrected chi connectivity index (χ4v) is 11.1. The van der Waals surface area contributed by atoms with Crippen molar-refractivity contribution < 1.29 is 37.1 Å². The molecule has 6 aliphatic rings. The zero-order valence-corrected chi connectivity index (χ0v) is 37.1. The highest BCUT2D eigenvalue weighted by Gasteiger charge is 2.48.